The van der Waals surface area contributed by atoms with Crippen LogP contribution in [0.2, 0.25) is 0 Å². The summed E-state index contributed by atoms with van der Waals surface area (Å²) in [6.45, 7) is 2.41. The van der Waals surface area contributed by atoms with E-state index >= 15 is 0 Å². The summed E-state index contributed by atoms with van der Waals surface area (Å²) in [5.41, 5.74) is 2.54. The first-order valence-electron chi connectivity index (χ1n) is 10.9. The van der Waals surface area contributed by atoms with E-state index in [1.165, 1.54) is 24.4 Å². The molecule has 2 aromatic carbocycles. The molecular weight excluding hydrogens is 477 g/mol. The van der Waals surface area contributed by atoms with Gasteiger partial charge in [0.2, 0.25) is 5.95 Å². The molecule has 2 aromatic heterocycles. The van der Waals surface area contributed by atoms with Crippen LogP contribution in [0.5, 0.6) is 17.2 Å². The Kier molecular flexibility index (Phi) is 6.00. The summed E-state index contributed by atoms with van der Waals surface area (Å²) in [4.78, 5) is 14.7. The SMILES string of the molecule is COc1cc(Nc2ncc3c(n2)N(c2ccccc2OC(F)(F)F)CCO3)ccc1-n1cnc(C)c1. The van der Waals surface area contributed by atoms with Crippen molar-refractivity contribution in [1.29, 1.82) is 0 Å². The standard InChI is InChI=1S/C24H21F3N6O3/c1-15-13-32(14-29-15)17-8-7-16(11-20(17)34-2)30-23-28-12-21-22(31-23)33(9-10-35-21)18-5-3-4-6-19(18)36-24(25,26)27/h3-8,11-14H,9-10H2,1-2H3,(H,28,30,31). The van der Waals surface area contributed by atoms with Gasteiger partial charge in [0, 0.05) is 18.0 Å². The lowest BCUT2D eigenvalue weighted by atomic mass is 10.2. The van der Waals surface area contributed by atoms with Crippen LogP contribution in [0.4, 0.5) is 36.3 Å². The lowest BCUT2D eigenvalue weighted by Crippen LogP contribution is -2.31. The predicted molar refractivity (Wildman–Crippen MR) is 126 cm³/mol. The van der Waals surface area contributed by atoms with E-state index in [-0.39, 0.29) is 30.5 Å². The number of rotatable bonds is 6. The van der Waals surface area contributed by atoms with Gasteiger partial charge in [-0.1, -0.05) is 12.1 Å². The highest BCUT2D eigenvalue weighted by Crippen LogP contribution is 2.41. The minimum Gasteiger partial charge on any atom is -0.494 e. The quantitative estimate of drug-likeness (QED) is 0.391. The second-order valence-electron chi connectivity index (χ2n) is 7.83. The number of methoxy groups -OCH3 is 1. The Morgan fingerprint density at radius 1 is 1.06 bits per heavy atom. The van der Waals surface area contributed by atoms with Gasteiger partial charge in [0.15, 0.2) is 17.3 Å². The van der Waals surface area contributed by atoms with Gasteiger partial charge in [0.05, 0.1) is 43.2 Å². The Hall–Kier alpha value is -4.48. The maximum Gasteiger partial charge on any atom is 0.573 e. The van der Waals surface area contributed by atoms with Crippen molar-refractivity contribution in [3.63, 3.8) is 0 Å². The molecule has 0 unspecified atom stereocenters. The van der Waals surface area contributed by atoms with Gasteiger partial charge in [-0.3, -0.25) is 0 Å². The molecule has 0 saturated carbocycles. The average molecular weight is 498 g/mol. The number of nitrogens with one attached hydrogen (secondary N) is 1. The largest absolute Gasteiger partial charge is 0.573 e. The fourth-order valence-corrected chi connectivity index (χ4v) is 3.85. The molecule has 0 aliphatic carbocycles. The van der Waals surface area contributed by atoms with Crippen LogP contribution >= 0.6 is 0 Å². The Bertz CT molecular complexity index is 1390. The smallest absolute Gasteiger partial charge is 0.494 e. The first-order chi connectivity index (χ1) is 17.3. The topological polar surface area (TPSA) is 86.6 Å². The number of alkyl halides is 3. The summed E-state index contributed by atoms with van der Waals surface area (Å²) in [5.74, 6) is 1.15. The molecule has 0 spiro atoms. The molecule has 0 radical (unpaired) electrons. The van der Waals surface area contributed by atoms with Gasteiger partial charge in [-0.25, -0.2) is 9.97 Å². The fourth-order valence-electron chi connectivity index (χ4n) is 3.85. The molecule has 9 nitrogen and oxygen atoms in total. The van der Waals surface area contributed by atoms with Crippen LogP contribution in [-0.4, -0.2) is 46.1 Å². The van der Waals surface area contributed by atoms with Gasteiger partial charge in [-0.2, -0.15) is 4.98 Å². The molecule has 5 rings (SSSR count). The van der Waals surface area contributed by atoms with Crippen molar-refractivity contribution >= 4 is 23.1 Å². The number of hydrogen-bond donors (Lipinski definition) is 1. The van der Waals surface area contributed by atoms with E-state index < -0.39 is 6.36 Å². The van der Waals surface area contributed by atoms with Crippen molar-refractivity contribution in [2.45, 2.75) is 13.3 Å². The van der Waals surface area contributed by atoms with Crippen molar-refractivity contribution in [2.24, 2.45) is 0 Å². The number of imidazole rings is 1. The number of ether oxygens (including phenoxy) is 3. The molecule has 3 heterocycles. The zero-order valence-electron chi connectivity index (χ0n) is 19.3. The lowest BCUT2D eigenvalue weighted by molar-refractivity contribution is -0.274. The number of aromatic nitrogens is 4. The Morgan fingerprint density at radius 3 is 2.64 bits per heavy atom. The van der Waals surface area contributed by atoms with Gasteiger partial charge in [0.1, 0.15) is 12.4 Å². The van der Waals surface area contributed by atoms with Crippen molar-refractivity contribution < 1.29 is 27.4 Å². The fraction of sp³-hybridized carbons (Fsp3) is 0.208. The minimum atomic E-state index is -4.83. The van der Waals surface area contributed by atoms with E-state index in [4.69, 9.17) is 9.47 Å². The summed E-state index contributed by atoms with van der Waals surface area (Å²) in [6, 6.07) is 11.4. The number of benzene rings is 2. The average Bonchev–Trinajstić information content (AvgIpc) is 3.29. The molecule has 0 fully saturated rings. The van der Waals surface area contributed by atoms with Crippen LogP contribution in [0.1, 0.15) is 5.69 Å². The van der Waals surface area contributed by atoms with Gasteiger partial charge in [-0.05, 0) is 31.2 Å². The summed E-state index contributed by atoms with van der Waals surface area (Å²) in [7, 11) is 1.57. The zero-order valence-corrected chi connectivity index (χ0v) is 19.3. The van der Waals surface area contributed by atoms with Gasteiger partial charge in [0.25, 0.3) is 0 Å². The minimum absolute atomic E-state index is 0.214. The molecule has 4 aromatic rings. The third kappa shape index (κ3) is 4.83. The van der Waals surface area contributed by atoms with Crippen molar-refractivity contribution in [3.05, 3.63) is 66.9 Å². The number of para-hydroxylation sites is 2. The third-order valence-corrected chi connectivity index (χ3v) is 5.37. The van der Waals surface area contributed by atoms with E-state index in [0.717, 1.165) is 11.4 Å². The zero-order chi connectivity index (χ0) is 25.3. The van der Waals surface area contributed by atoms with E-state index in [1.54, 1.807) is 30.5 Å². The molecule has 1 N–H and O–H groups in total. The van der Waals surface area contributed by atoms with Crippen LogP contribution in [-0.2, 0) is 0 Å². The van der Waals surface area contributed by atoms with Crippen LogP contribution in [0, 0.1) is 6.92 Å². The first-order valence-corrected chi connectivity index (χ1v) is 10.9. The molecule has 0 bridgehead atoms. The van der Waals surface area contributed by atoms with Crippen molar-refractivity contribution in [3.8, 4) is 22.9 Å². The Morgan fingerprint density at radius 2 is 1.89 bits per heavy atom. The molecule has 1 aliphatic heterocycles. The monoisotopic (exact) mass is 498 g/mol. The Balaban J connectivity index is 1.45. The normalized spacial score (nSPS) is 13.1. The van der Waals surface area contributed by atoms with E-state index in [2.05, 4.69) is 25.0 Å². The predicted octanol–water partition coefficient (Wildman–Crippen LogP) is 5.15. The molecule has 0 amide bonds. The second kappa shape index (κ2) is 9.29. The van der Waals surface area contributed by atoms with Crippen LogP contribution in [0.15, 0.2) is 61.2 Å². The van der Waals surface area contributed by atoms with E-state index in [1.807, 2.05) is 29.8 Å². The van der Waals surface area contributed by atoms with Crippen LogP contribution in [0.3, 0.4) is 0 Å². The number of hydrogen-bond acceptors (Lipinski definition) is 8. The molecular formula is C24H21F3N6O3. The maximum absolute atomic E-state index is 13.0. The third-order valence-electron chi connectivity index (χ3n) is 5.37. The summed E-state index contributed by atoms with van der Waals surface area (Å²) >= 11 is 0. The van der Waals surface area contributed by atoms with Crippen molar-refractivity contribution in [2.75, 3.05) is 30.5 Å². The molecule has 0 atom stereocenters. The van der Waals surface area contributed by atoms with E-state index in [9.17, 15) is 13.2 Å². The molecule has 186 valence electrons. The summed E-state index contributed by atoms with van der Waals surface area (Å²) in [6.07, 6.45) is 0.225. The number of halogens is 3. The van der Waals surface area contributed by atoms with Crippen molar-refractivity contribution in [1.82, 2.24) is 19.5 Å². The van der Waals surface area contributed by atoms with Gasteiger partial charge >= 0.3 is 6.36 Å². The molecule has 1 aliphatic rings. The number of fused-ring (bicyclic) bond motifs is 1. The summed E-state index contributed by atoms with van der Waals surface area (Å²) < 4.78 is 56.2. The maximum atomic E-state index is 13.0. The van der Waals surface area contributed by atoms with Gasteiger partial charge < -0.3 is 29.0 Å². The molecule has 36 heavy (non-hydrogen) atoms. The van der Waals surface area contributed by atoms with Crippen LogP contribution in [0.25, 0.3) is 5.69 Å². The highest BCUT2D eigenvalue weighted by Gasteiger charge is 2.34. The number of anilines is 4. The Labute approximate surface area is 204 Å². The summed E-state index contributed by atoms with van der Waals surface area (Å²) in [5, 5.41) is 3.12. The number of aryl methyl sites for hydroxylation is 1. The second-order valence-corrected chi connectivity index (χ2v) is 7.83. The highest BCUT2D eigenvalue weighted by atomic mass is 19.4. The first kappa shape index (κ1) is 23.3. The highest BCUT2D eigenvalue weighted by molar-refractivity contribution is 5.73. The number of nitrogens with zero attached hydrogens (tertiary/aromatic N) is 5. The molecule has 0 saturated heterocycles. The molecule has 12 heteroatoms. The van der Waals surface area contributed by atoms with Gasteiger partial charge in [-0.15, -0.1) is 13.2 Å². The van der Waals surface area contributed by atoms with E-state index in [0.29, 0.717) is 23.0 Å². The van der Waals surface area contributed by atoms with Crippen LogP contribution < -0.4 is 24.4 Å². The lowest BCUT2D eigenvalue weighted by Gasteiger charge is -2.31.